The molecule has 2 heteroatoms. The standard InChI is InChI=1S/C52H41NS/c1-3-12-36(13-4-1)37-24-26-38(27-25-37)39-28-32-43(33-29-39)53(49-22-11-21-48-47-18-7-8-23-50(47)54-52(48)49)44-34-30-41(31-35-44)46-20-10-17-42-16-9-19-45(51(42)46)40-14-5-2-6-15-40/h2,5-11,14-36H,1,3-4,12-13H2. The molecule has 0 aliphatic heterocycles. The first-order chi connectivity index (χ1) is 26.8. The first-order valence-corrected chi connectivity index (χ1v) is 20.2. The lowest BCUT2D eigenvalue weighted by Gasteiger charge is -2.26. The normalized spacial score (nSPS) is 13.5. The Labute approximate surface area is 321 Å². The van der Waals surface area contributed by atoms with E-state index in [0.29, 0.717) is 0 Å². The van der Waals surface area contributed by atoms with Gasteiger partial charge in [0, 0.05) is 26.8 Å². The average molecular weight is 712 g/mol. The highest BCUT2D eigenvalue weighted by atomic mass is 32.1. The molecule has 0 bridgehead atoms. The molecule has 0 radical (unpaired) electrons. The molecule has 0 spiro atoms. The molecule has 10 rings (SSSR count). The molecule has 1 fully saturated rings. The van der Waals surface area contributed by atoms with E-state index in [9.17, 15) is 0 Å². The first kappa shape index (κ1) is 32.7. The number of fused-ring (bicyclic) bond motifs is 4. The summed E-state index contributed by atoms with van der Waals surface area (Å²) in [5, 5.41) is 5.15. The van der Waals surface area contributed by atoms with Crippen LogP contribution in [0.1, 0.15) is 43.6 Å². The van der Waals surface area contributed by atoms with Gasteiger partial charge in [0.1, 0.15) is 0 Å². The molecule has 1 heterocycles. The summed E-state index contributed by atoms with van der Waals surface area (Å²) in [6.45, 7) is 0. The monoisotopic (exact) mass is 711 g/mol. The number of nitrogens with zero attached hydrogens (tertiary/aromatic N) is 1. The lowest BCUT2D eigenvalue weighted by molar-refractivity contribution is 0.443. The summed E-state index contributed by atoms with van der Waals surface area (Å²) in [5.41, 5.74) is 12.4. The Morgan fingerprint density at radius 2 is 0.981 bits per heavy atom. The fraction of sp³-hybridized carbons (Fsp3) is 0.115. The molecule has 1 aliphatic carbocycles. The van der Waals surface area contributed by atoms with Crippen LogP contribution < -0.4 is 4.90 Å². The number of benzene rings is 8. The number of anilines is 3. The van der Waals surface area contributed by atoms with Crippen molar-refractivity contribution in [1.29, 1.82) is 0 Å². The van der Waals surface area contributed by atoms with Gasteiger partial charge in [-0.3, -0.25) is 0 Å². The van der Waals surface area contributed by atoms with Crippen molar-refractivity contribution in [3.8, 4) is 33.4 Å². The molecule has 260 valence electrons. The van der Waals surface area contributed by atoms with Gasteiger partial charge in [0.05, 0.1) is 10.4 Å². The molecule has 0 atom stereocenters. The van der Waals surface area contributed by atoms with Crippen LogP contribution in [0, 0.1) is 0 Å². The third-order valence-corrected chi connectivity index (χ3v) is 12.7. The molecule has 1 aliphatic rings. The van der Waals surface area contributed by atoms with Crippen molar-refractivity contribution < 1.29 is 0 Å². The van der Waals surface area contributed by atoms with Crippen LogP contribution >= 0.6 is 11.3 Å². The number of rotatable bonds is 7. The van der Waals surface area contributed by atoms with Crippen LogP contribution in [-0.2, 0) is 0 Å². The van der Waals surface area contributed by atoms with Gasteiger partial charge in [-0.2, -0.15) is 0 Å². The molecule has 0 saturated heterocycles. The van der Waals surface area contributed by atoms with E-state index in [-0.39, 0.29) is 0 Å². The van der Waals surface area contributed by atoms with Crippen molar-refractivity contribution in [2.24, 2.45) is 0 Å². The summed E-state index contributed by atoms with van der Waals surface area (Å²) < 4.78 is 2.61. The topological polar surface area (TPSA) is 3.24 Å². The van der Waals surface area contributed by atoms with Crippen molar-refractivity contribution in [3.05, 3.63) is 188 Å². The summed E-state index contributed by atoms with van der Waals surface area (Å²) in [7, 11) is 0. The van der Waals surface area contributed by atoms with Crippen LogP contribution in [0.4, 0.5) is 17.1 Å². The Morgan fingerprint density at radius 3 is 1.67 bits per heavy atom. The maximum Gasteiger partial charge on any atom is 0.0640 e. The molecule has 8 aromatic carbocycles. The van der Waals surface area contributed by atoms with Crippen molar-refractivity contribution in [2.75, 3.05) is 4.90 Å². The van der Waals surface area contributed by atoms with E-state index in [4.69, 9.17) is 0 Å². The Morgan fingerprint density at radius 1 is 0.426 bits per heavy atom. The zero-order valence-corrected chi connectivity index (χ0v) is 31.1. The van der Waals surface area contributed by atoms with E-state index in [1.165, 1.54) is 108 Å². The number of hydrogen-bond donors (Lipinski definition) is 0. The van der Waals surface area contributed by atoms with E-state index in [1.807, 2.05) is 11.3 Å². The Hall–Kier alpha value is -5.96. The predicted molar refractivity (Wildman–Crippen MR) is 234 cm³/mol. The second kappa shape index (κ2) is 14.1. The SMILES string of the molecule is c1ccc(-c2cccc3cccc(-c4ccc(N(c5ccc(-c6ccc(C7CCCCC7)cc6)cc5)c5cccc6c5sc5ccccc56)cc4)c23)cc1. The minimum atomic E-state index is 0.721. The molecule has 0 N–H and O–H groups in total. The third-order valence-electron chi connectivity index (χ3n) is 11.5. The van der Waals surface area contributed by atoms with Crippen LogP contribution in [0.15, 0.2) is 182 Å². The van der Waals surface area contributed by atoms with Gasteiger partial charge in [0.15, 0.2) is 0 Å². The van der Waals surface area contributed by atoms with Crippen molar-refractivity contribution in [3.63, 3.8) is 0 Å². The molecule has 1 aromatic heterocycles. The van der Waals surface area contributed by atoms with Crippen LogP contribution in [-0.4, -0.2) is 0 Å². The molecule has 0 amide bonds. The smallest absolute Gasteiger partial charge is 0.0640 e. The first-order valence-electron chi connectivity index (χ1n) is 19.4. The second-order valence-electron chi connectivity index (χ2n) is 14.7. The lowest BCUT2D eigenvalue weighted by Crippen LogP contribution is -2.10. The van der Waals surface area contributed by atoms with Crippen LogP contribution in [0.25, 0.3) is 64.3 Å². The van der Waals surface area contributed by atoms with Gasteiger partial charge in [-0.25, -0.2) is 0 Å². The summed E-state index contributed by atoms with van der Waals surface area (Å²) in [6.07, 6.45) is 6.77. The fourth-order valence-electron chi connectivity index (χ4n) is 8.75. The maximum absolute atomic E-state index is 2.44. The highest BCUT2D eigenvalue weighted by Gasteiger charge is 2.20. The molecule has 9 aromatic rings. The van der Waals surface area contributed by atoms with Crippen LogP contribution in [0.2, 0.25) is 0 Å². The predicted octanol–water partition coefficient (Wildman–Crippen LogP) is 15.7. The van der Waals surface area contributed by atoms with Crippen molar-refractivity contribution >= 4 is 59.3 Å². The van der Waals surface area contributed by atoms with Gasteiger partial charge in [-0.05, 0) is 105 Å². The fourth-order valence-corrected chi connectivity index (χ4v) is 9.96. The van der Waals surface area contributed by atoms with Crippen LogP contribution in [0.5, 0.6) is 0 Å². The van der Waals surface area contributed by atoms with E-state index < -0.39 is 0 Å². The summed E-state index contributed by atoms with van der Waals surface area (Å²) >= 11 is 1.88. The van der Waals surface area contributed by atoms with Gasteiger partial charge >= 0.3 is 0 Å². The Balaban J connectivity index is 1.06. The van der Waals surface area contributed by atoms with Gasteiger partial charge in [-0.1, -0.05) is 165 Å². The largest absolute Gasteiger partial charge is 0.309 e. The number of hydrogen-bond acceptors (Lipinski definition) is 2. The number of thiophene rings is 1. The summed E-state index contributed by atoms with van der Waals surface area (Å²) in [6, 6.07) is 67.3. The molecular weight excluding hydrogens is 671 g/mol. The van der Waals surface area contributed by atoms with Gasteiger partial charge in [0.2, 0.25) is 0 Å². The van der Waals surface area contributed by atoms with E-state index in [1.54, 1.807) is 0 Å². The van der Waals surface area contributed by atoms with Crippen molar-refractivity contribution in [2.45, 2.75) is 38.0 Å². The molecule has 0 unspecified atom stereocenters. The van der Waals surface area contributed by atoms with Gasteiger partial charge in [0.25, 0.3) is 0 Å². The second-order valence-corrected chi connectivity index (χ2v) is 15.8. The Bertz CT molecular complexity index is 2710. The van der Waals surface area contributed by atoms with E-state index >= 15 is 0 Å². The van der Waals surface area contributed by atoms with Gasteiger partial charge in [-0.15, -0.1) is 11.3 Å². The minimum Gasteiger partial charge on any atom is -0.309 e. The average Bonchev–Trinajstić information content (AvgIpc) is 3.64. The van der Waals surface area contributed by atoms with Crippen molar-refractivity contribution in [1.82, 2.24) is 0 Å². The summed E-state index contributed by atoms with van der Waals surface area (Å²) in [4.78, 5) is 2.44. The maximum atomic E-state index is 2.44. The minimum absolute atomic E-state index is 0.721. The molecule has 1 nitrogen and oxygen atoms in total. The highest BCUT2D eigenvalue weighted by Crippen LogP contribution is 2.46. The van der Waals surface area contributed by atoms with E-state index in [0.717, 1.165) is 17.3 Å². The zero-order chi connectivity index (χ0) is 35.8. The highest BCUT2D eigenvalue weighted by molar-refractivity contribution is 7.26. The van der Waals surface area contributed by atoms with Crippen LogP contribution in [0.3, 0.4) is 0 Å². The third kappa shape index (κ3) is 5.97. The Kier molecular flexibility index (Phi) is 8.54. The molecule has 1 saturated carbocycles. The zero-order valence-electron chi connectivity index (χ0n) is 30.3. The molecular formula is C52H41NS. The van der Waals surface area contributed by atoms with Gasteiger partial charge < -0.3 is 4.90 Å². The molecule has 54 heavy (non-hydrogen) atoms. The summed E-state index contributed by atoms with van der Waals surface area (Å²) in [5.74, 6) is 0.721. The van der Waals surface area contributed by atoms with E-state index in [2.05, 4.69) is 187 Å². The lowest BCUT2D eigenvalue weighted by atomic mass is 9.84. The quantitative estimate of drug-likeness (QED) is 0.159.